The molecule has 0 aliphatic carbocycles. The van der Waals surface area contributed by atoms with E-state index in [1.54, 1.807) is 18.2 Å². The first kappa shape index (κ1) is 18.3. The predicted molar refractivity (Wildman–Crippen MR) is 108 cm³/mol. The summed E-state index contributed by atoms with van der Waals surface area (Å²) in [6, 6.07) is 22.8. The molecule has 3 rings (SSSR count). The molecule has 0 aromatic heterocycles. The van der Waals surface area contributed by atoms with Crippen molar-refractivity contribution in [3.05, 3.63) is 87.3 Å². The minimum atomic E-state index is -3.64. The van der Waals surface area contributed by atoms with Crippen molar-refractivity contribution in [2.24, 2.45) is 0 Å². The lowest BCUT2D eigenvalue weighted by Crippen LogP contribution is -2.24. The van der Waals surface area contributed by atoms with Crippen LogP contribution < -0.4 is 4.72 Å². The second-order valence-electron chi connectivity index (χ2n) is 5.42. The fourth-order valence-electron chi connectivity index (χ4n) is 2.51. The Hall–Kier alpha value is -1.47. The highest BCUT2D eigenvalue weighted by Gasteiger charge is 2.18. The minimum absolute atomic E-state index is 0.207. The first-order chi connectivity index (χ1) is 12.0. The molecule has 128 valence electrons. The Morgan fingerprint density at radius 3 is 2.28 bits per heavy atom. The van der Waals surface area contributed by atoms with Crippen LogP contribution in [0.25, 0.3) is 11.1 Å². The van der Waals surface area contributed by atoms with Gasteiger partial charge in [-0.2, -0.15) is 0 Å². The normalized spacial score (nSPS) is 11.4. The lowest BCUT2D eigenvalue weighted by Gasteiger charge is -2.12. The van der Waals surface area contributed by atoms with Gasteiger partial charge in [0.2, 0.25) is 10.0 Å². The highest BCUT2D eigenvalue weighted by atomic mass is 79.9. The first-order valence-electron chi connectivity index (χ1n) is 7.55. The van der Waals surface area contributed by atoms with Gasteiger partial charge >= 0.3 is 0 Å². The van der Waals surface area contributed by atoms with Crippen molar-refractivity contribution in [1.82, 2.24) is 4.72 Å². The summed E-state index contributed by atoms with van der Waals surface area (Å²) < 4.78 is 29.3. The molecule has 0 saturated carbocycles. The van der Waals surface area contributed by atoms with Gasteiger partial charge in [0.25, 0.3) is 0 Å². The van der Waals surface area contributed by atoms with E-state index in [4.69, 9.17) is 0 Å². The molecule has 1 N–H and O–H groups in total. The lowest BCUT2D eigenvalue weighted by atomic mass is 10.00. The Bertz CT molecular complexity index is 989. The second kappa shape index (κ2) is 7.83. The monoisotopic (exact) mass is 479 g/mol. The van der Waals surface area contributed by atoms with E-state index in [-0.39, 0.29) is 11.4 Å². The Kier molecular flexibility index (Phi) is 5.74. The molecule has 0 radical (unpaired) electrons. The minimum Gasteiger partial charge on any atom is -0.207 e. The van der Waals surface area contributed by atoms with Crippen molar-refractivity contribution in [2.75, 3.05) is 0 Å². The number of nitrogens with one attached hydrogen (secondary N) is 1. The maximum atomic E-state index is 12.7. The zero-order valence-electron chi connectivity index (χ0n) is 13.1. The Morgan fingerprint density at radius 1 is 0.840 bits per heavy atom. The molecule has 0 saturated heterocycles. The number of hydrogen-bond donors (Lipinski definition) is 1. The Labute approximate surface area is 164 Å². The second-order valence-corrected chi connectivity index (χ2v) is 8.93. The lowest BCUT2D eigenvalue weighted by molar-refractivity contribution is 0.581. The van der Waals surface area contributed by atoms with Gasteiger partial charge in [-0.1, -0.05) is 70.5 Å². The molecular formula is C19H15Br2NO2S. The average Bonchev–Trinajstić information content (AvgIpc) is 2.63. The summed E-state index contributed by atoms with van der Waals surface area (Å²) in [5.41, 5.74) is 2.99. The van der Waals surface area contributed by atoms with Gasteiger partial charge in [-0.15, -0.1) is 0 Å². The van der Waals surface area contributed by atoms with Crippen molar-refractivity contribution in [2.45, 2.75) is 11.4 Å². The topological polar surface area (TPSA) is 46.2 Å². The van der Waals surface area contributed by atoms with E-state index in [9.17, 15) is 8.42 Å². The van der Waals surface area contributed by atoms with E-state index in [0.717, 1.165) is 16.7 Å². The molecule has 0 heterocycles. The van der Waals surface area contributed by atoms with Crippen LogP contribution in [0.3, 0.4) is 0 Å². The molecule has 0 aliphatic rings. The van der Waals surface area contributed by atoms with Crippen LogP contribution in [0.4, 0.5) is 0 Å². The van der Waals surface area contributed by atoms with Crippen LogP contribution in [0, 0.1) is 0 Å². The molecule has 3 aromatic carbocycles. The summed E-state index contributed by atoms with van der Waals surface area (Å²) in [6.07, 6.45) is 0. The summed E-state index contributed by atoms with van der Waals surface area (Å²) in [6.45, 7) is 0.215. The van der Waals surface area contributed by atoms with Gasteiger partial charge in [0.15, 0.2) is 0 Å². The summed E-state index contributed by atoms with van der Waals surface area (Å²) in [4.78, 5) is 0.207. The van der Waals surface area contributed by atoms with E-state index >= 15 is 0 Å². The SMILES string of the molecule is O=S(=O)(NCc1ccccc1-c1ccccc1)c1cc(Br)ccc1Br. The van der Waals surface area contributed by atoms with Gasteiger partial charge in [0.1, 0.15) is 0 Å². The third kappa shape index (κ3) is 4.39. The Balaban J connectivity index is 1.88. The van der Waals surface area contributed by atoms with Gasteiger partial charge in [0.05, 0.1) is 4.90 Å². The van der Waals surface area contributed by atoms with E-state index in [1.165, 1.54) is 0 Å². The molecule has 0 aliphatic heterocycles. The van der Waals surface area contributed by atoms with Crippen LogP contribution in [0.1, 0.15) is 5.56 Å². The maximum absolute atomic E-state index is 12.7. The smallest absolute Gasteiger partial charge is 0.207 e. The molecule has 0 spiro atoms. The summed E-state index contributed by atoms with van der Waals surface area (Å²) in [7, 11) is -3.64. The standard InChI is InChI=1S/C19H15Br2NO2S/c20-16-10-11-18(21)19(12-16)25(23,24)22-13-15-8-4-5-9-17(15)14-6-2-1-3-7-14/h1-12,22H,13H2. The quantitative estimate of drug-likeness (QED) is 0.534. The van der Waals surface area contributed by atoms with Crippen LogP contribution in [0.2, 0.25) is 0 Å². The fourth-order valence-corrected chi connectivity index (χ4v) is 5.01. The molecule has 6 heteroatoms. The van der Waals surface area contributed by atoms with Crippen LogP contribution in [-0.4, -0.2) is 8.42 Å². The molecule has 0 unspecified atom stereocenters. The third-order valence-electron chi connectivity index (χ3n) is 3.74. The van der Waals surface area contributed by atoms with Crippen molar-refractivity contribution in [1.29, 1.82) is 0 Å². The van der Waals surface area contributed by atoms with E-state index in [2.05, 4.69) is 36.6 Å². The van der Waals surface area contributed by atoms with Crippen LogP contribution in [0.15, 0.2) is 86.6 Å². The Morgan fingerprint density at radius 2 is 1.52 bits per heavy atom. The average molecular weight is 481 g/mol. The van der Waals surface area contributed by atoms with Gasteiger partial charge in [-0.05, 0) is 50.8 Å². The van der Waals surface area contributed by atoms with E-state index < -0.39 is 10.0 Å². The van der Waals surface area contributed by atoms with E-state index in [0.29, 0.717) is 8.95 Å². The highest BCUT2D eigenvalue weighted by Crippen LogP contribution is 2.27. The van der Waals surface area contributed by atoms with Crippen molar-refractivity contribution in [3.8, 4) is 11.1 Å². The van der Waals surface area contributed by atoms with Gasteiger partial charge in [-0.3, -0.25) is 0 Å². The molecule has 0 amide bonds. The van der Waals surface area contributed by atoms with Crippen LogP contribution in [-0.2, 0) is 16.6 Å². The summed E-state index contributed by atoms with van der Waals surface area (Å²) >= 11 is 6.62. The number of sulfonamides is 1. The van der Waals surface area contributed by atoms with Gasteiger partial charge in [-0.25, -0.2) is 13.1 Å². The fraction of sp³-hybridized carbons (Fsp3) is 0.0526. The molecular weight excluding hydrogens is 466 g/mol. The number of hydrogen-bond acceptors (Lipinski definition) is 2. The first-order valence-corrected chi connectivity index (χ1v) is 10.6. The molecule has 3 aromatic rings. The zero-order valence-corrected chi connectivity index (χ0v) is 17.1. The van der Waals surface area contributed by atoms with Crippen LogP contribution >= 0.6 is 31.9 Å². The molecule has 25 heavy (non-hydrogen) atoms. The zero-order chi connectivity index (χ0) is 17.9. The number of benzene rings is 3. The number of halogens is 2. The molecule has 0 atom stereocenters. The van der Waals surface area contributed by atoms with Gasteiger partial charge < -0.3 is 0 Å². The number of rotatable bonds is 5. The van der Waals surface area contributed by atoms with E-state index in [1.807, 2.05) is 54.6 Å². The molecule has 0 bridgehead atoms. The van der Waals surface area contributed by atoms with Crippen molar-refractivity contribution in [3.63, 3.8) is 0 Å². The van der Waals surface area contributed by atoms with Crippen LogP contribution in [0.5, 0.6) is 0 Å². The highest BCUT2D eigenvalue weighted by molar-refractivity contribution is 9.11. The largest absolute Gasteiger partial charge is 0.242 e. The predicted octanol–water partition coefficient (Wildman–Crippen LogP) is 5.36. The maximum Gasteiger partial charge on any atom is 0.242 e. The van der Waals surface area contributed by atoms with Crippen molar-refractivity contribution >= 4 is 41.9 Å². The third-order valence-corrected chi connectivity index (χ3v) is 6.63. The van der Waals surface area contributed by atoms with Gasteiger partial charge in [0, 0.05) is 15.5 Å². The molecule has 0 fully saturated rings. The van der Waals surface area contributed by atoms with Crippen molar-refractivity contribution < 1.29 is 8.42 Å². The molecule has 3 nitrogen and oxygen atoms in total. The summed E-state index contributed by atoms with van der Waals surface area (Å²) in [5, 5.41) is 0. The summed E-state index contributed by atoms with van der Waals surface area (Å²) in [5.74, 6) is 0.